The van der Waals surface area contributed by atoms with Gasteiger partial charge in [0.05, 0.1) is 9.80 Å². The van der Waals surface area contributed by atoms with Crippen LogP contribution in [-0.4, -0.2) is 45.3 Å². The molecule has 0 saturated carbocycles. The Kier molecular flexibility index (Phi) is 3.60. The van der Waals surface area contributed by atoms with Gasteiger partial charge in [-0.2, -0.15) is 4.98 Å². The second-order valence-electron chi connectivity index (χ2n) is 5.25. The lowest BCUT2D eigenvalue weighted by Gasteiger charge is -2.35. The lowest BCUT2D eigenvalue weighted by molar-refractivity contribution is -0.380. The zero-order valence-corrected chi connectivity index (χ0v) is 12.6. The molecule has 0 spiro atoms. The summed E-state index contributed by atoms with van der Waals surface area (Å²) in [5.74, 6) is 1.21. The first-order valence-corrected chi connectivity index (χ1v) is 7.52. The minimum atomic E-state index is -0.398. The van der Waals surface area contributed by atoms with Crippen LogP contribution in [-0.2, 0) is 0 Å². The summed E-state index contributed by atoms with van der Waals surface area (Å²) < 4.78 is 0. The molecule has 2 aromatic rings. The summed E-state index contributed by atoms with van der Waals surface area (Å²) in [6.07, 6.45) is 0. The van der Waals surface area contributed by atoms with Gasteiger partial charge in [0, 0.05) is 31.2 Å². The summed E-state index contributed by atoms with van der Waals surface area (Å²) in [5.41, 5.74) is 0. The van der Waals surface area contributed by atoms with Crippen LogP contribution in [0.25, 0.3) is 10.7 Å². The van der Waals surface area contributed by atoms with Gasteiger partial charge in [-0.15, -0.1) is 5.10 Å². The average Bonchev–Trinajstić information content (AvgIpc) is 3.07. The maximum absolute atomic E-state index is 10.7. The molecular weight excluding hydrogens is 292 g/mol. The normalized spacial score (nSPS) is 22.5. The molecule has 1 saturated heterocycles. The van der Waals surface area contributed by atoms with E-state index in [0.717, 1.165) is 29.3 Å². The van der Waals surface area contributed by atoms with E-state index in [0.29, 0.717) is 23.9 Å². The van der Waals surface area contributed by atoms with Crippen molar-refractivity contribution in [2.75, 3.05) is 18.0 Å². The Morgan fingerprint density at radius 1 is 1.38 bits per heavy atom. The Hall–Kier alpha value is -2.00. The highest BCUT2D eigenvalue weighted by Crippen LogP contribution is 2.31. The Morgan fingerprint density at radius 2 is 2.10 bits per heavy atom. The fourth-order valence-corrected chi connectivity index (χ4v) is 3.31. The number of thiophene rings is 1. The van der Waals surface area contributed by atoms with Crippen molar-refractivity contribution in [2.24, 2.45) is 0 Å². The van der Waals surface area contributed by atoms with Crippen molar-refractivity contribution in [3.63, 3.8) is 0 Å². The number of rotatable bonds is 3. The summed E-state index contributed by atoms with van der Waals surface area (Å²) in [5, 5.41) is 21.4. The average molecular weight is 308 g/mol. The third kappa shape index (κ3) is 2.88. The largest absolute Gasteiger partial charge is 0.336 e. The van der Waals surface area contributed by atoms with E-state index in [2.05, 4.69) is 39.2 Å². The molecule has 1 aliphatic heterocycles. The molecule has 8 nitrogen and oxygen atoms in total. The third-order valence-corrected chi connectivity index (χ3v) is 4.36. The van der Waals surface area contributed by atoms with Gasteiger partial charge in [0.15, 0.2) is 5.82 Å². The smallest absolute Gasteiger partial charge is 0.324 e. The first kappa shape index (κ1) is 14.0. The second-order valence-corrected chi connectivity index (χ2v) is 6.31. The van der Waals surface area contributed by atoms with Crippen molar-refractivity contribution in [1.29, 1.82) is 0 Å². The predicted molar refractivity (Wildman–Crippen MR) is 80.6 cm³/mol. The van der Waals surface area contributed by atoms with Crippen molar-refractivity contribution in [3.05, 3.63) is 22.2 Å². The van der Waals surface area contributed by atoms with Gasteiger partial charge >= 0.3 is 5.00 Å². The lowest BCUT2D eigenvalue weighted by atomic mass is 10.1. The SMILES string of the molecule is CC1CN(c2n[nH]c(-c3ccc([N+](=O)[O-])s3)n2)CC(C)N1. The fraction of sp³-hybridized carbons (Fsp3) is 0.500. The molecule has 1 aliphatic rings. The lowest BCUT2D eigenvalue weighted by Crippen LogP contribution is -2.54. The Bertz CT molecular complexity index is 644. The van der Waals surface area contributed by atoms with Gasteiger partial charge in [0.2, 0.25) is 5.95 Å². The minimum Gasteiger partial charge on any atom is -0.336 e. The van der Waals surface area contributed by atoms with E-state index in [1.54, 1.807) is 6.07 Å². The molecule has 2 unspecified atom stereocenters. The van der Waals surface area contributed by atoms with Crippen molar-refractivity contribution in [1.82, 2.24) is 20.5 Å². The number of nitrogens with one attached hydrogen (secondary N) is 2. The molecule has 3 heterocycles. The van der Waals surface area contributed by atoms with E-state index in [9.17, 15) is 10.1 Å². The molecule has 2 aromatic heterocycles. The molecule has 21 heavy (non-hydrogen) atoms. The molecule has 0 radical (unpaired) electrons. The van der Waals surface area contributed by atoms with Crippen LogP contribution in [0.5, 0.6) is 0 Å². The second kappa shape index (κ2) is 5.41. The number of anilines is 1. The van der Waals surface area contributed by atoms with Crippen LogP contribution in [0.3, 0.4) is 0 Å². The Morgan fingerprint density at radius 3 is 2.71 bits per heavy atom. The molecule has 0 amide bonds. The van der Waals surface area contributed by atoms with E-state index in [1.807, 2.05) is 0 Å². The van der Waals surface area contributed by atoms with Gasteiger partial charge in [-0.05, 0) is 19.9 Å². The van der Waals surface area contributed by atoms with Crippen LogP contribution in [0, 0.1) is 10.1 Å². The number of piperazine rings is 1. The van der Waals surface area contributed by atoms with Crippen LogP contribution < -0.4 is 10.2 Å². The van der Waals surface area contributed by atoms with Crippen molar-refractivity contribution >= 4 is 22.3 Å². The number of hydrogen-bond acceptors (Lipinski definition) is 7. The van der Waals surface area contributed by atoms with E-state index in [-0.39, 0.29) is 5.00 Å². The van der Waals surface area contributed by atoms with Gasteiger partial charge in [0.1, 0.15) is 0 Å². The third-order valence-electron chi connectivity index (χ3n) is 3.32. The summed E-state index contributed by atoms with van der Waals surface area (Å²) >= 11 is 1.09. The number of H-pyrrole nitrogens is 1. The molecule has 3 rings (SSSR count). The molecule has 2 N–H and O–H groups in total. The zero-order valence-electron chi connectivity index (χ0n) is 11.7. The van der Waals surface area contributed by atoms with Crippen LogP contribution >= 0.6 is 11.3 Å². The first-order chi connectivity index (χ1) is 10.0. The fourth-order valence-electron chi connectivity index (χ4n) is 2.55. The zero-order chi connectivity index (χ0) is 15.0. The molecule has 0 bridgehead atoms. The van der Waals surface area contributed by atoms with Crippen molar-refractivity contribution < 1.29 is 4.92 Å². The van der Waals surface area contributed by atoms with Gasteiger partial charge in [0.25, 0.3) is 0 Å². The number of nitro groups is 1. The summed E-state index contributed by atoms with van der Waals surface area (Å²) in [7, 11) is 0. The number of aromatic nitrogens is 3. The van der Waals surface area contributed by atoms with Gasteiger partial charge in [-0.1, -0.05) is 11.3 Å². The van der Waals surface area contributed by atoms with E-state index < -0.39 is 4.92 Å². The van der Waals surface area contributed by atoms with Gasteiger partial charge < -0.3 is 10.2 Å². The number of hydrogen-bond donors (Lipinski definition) is 2. The highest BCUT2D eigenvalue weighted by atomic mass is 32.1. The molecule has 1 fully saturated rings. The van der Waals surface area contributed by atoms with Gasteiger partial charge in [-0.3, -0.25) is 15.2 Å². The monoisotopic (exact) mass is 308 g/mol. The number of aromatic amines is 1. The maximum atomic E-state index is 10.7. The van der Waals surface area contributed by atoms with Crippen LogP contribution in [0.1, 0.15) is 13.8 Å². The molecule has 9 heteroatoms. The standard InChI is InChI=1S/C12H16N6O2S/c1-7-5-17(6-8(2)13-7)12-14-11(15-16-12)9-3-4-10(21-9)18(19)20/h3-4,7-8,13H,5-6H2,1-2H3,(H,14,15,16). The summed E-state index contributed by atoms with van der Waals surface area (Å²) in [6, 6.07) is 3.92. The molecule has 2 atom stereocenters. The number of nitrogens with zero attached hydrogens (tertiary/aromatic N) is 4. The van der Waals surface area contributed by atoms with Crippen LogP contribution in [0.4, 0.5) is 10.9 Å². The predicted octanol–water partition coefficient (Wildman–Crippen LogP) is 1.63. The maximum Gasteiger partial charge on any atom is 0.324 e. The summed E-state index contributed by atoms with van der Waals surface area (Å²) in [4.78, 5) is 17.6. The van der Waals surface area contributed by atoms with Gasteiger partial charge in [-0.25, -0.2) is 0 Å². The highest BCUT2D eigenvalue weighted by molar-refractivity contribution is 7.18. The topological polar surface area (TPSA) is 100.0 Å². The molecule has 112 valence electrons. The van der Waals surface area contributed by atoms with Crippen LogP contribution in [0.15, 0.2) is 12.1 Å². The van der Waals surface area contributed by atoms with Crippen molar-refractivity contribution in [2.45, 2.75) is 25.9 Å². The molecule has 0 aliphatic carbocycles. The first-order valence-electron chi connectivity index (χ1n) is 6.71. The Labute approximate surface area is 125 Å². The quantitative estimate of drug-likeness (QED) is 0.660. The molecular formula is C12H16N6O2S. The summed E-state index contributed by atoms with van der Waals surface area (Å²) in [6.45, 7) is 5.93. The minimum absolute atomic E-state index is 0.104. The van der Waals surface area contributed by atoms with Crippen molar-refractivity contribution in [3.8, 4) is 10.7 Å². The highest BCUT2D eigenvalue weighted by Gasteiger charge is 2.24. The molecule has 0 aromatic carbocycles. The van der Waals surface area contributed by atoms with E-state index in [4.69, 9.17) is 0 Å². The Balaban J connectivity index is 1.80. The van der Waals surface area contributed by atoms with E-state index in [1.165, 1.54) is 6.07 Å². The van der Waals surface area contributed by atoms with Crippen LogP contribution in [0.2, 0.25) is 0 Å². The van der Waals surface area contributed by atoms with E-state index >= 15 is 0 Å².